The molecular formula is C18H31IN6O. The van der Waals surface area contributed by atoms with Crippen LogP contribution in [0.3, 0.4) is 0 Å². The Morgan fingerprint density at radius 3 is 2.73 bits per heavy atom. The molecular weight excluding hydrogens is 443 g/mol. The predicted octanol–water partition coefficient (Wildman–Crippen LogP) is 1.86. The molecule has 8 heteroatoms. The number of para-hydroxylation sites is 2. The molecule has 1 aromatic carbocycles. The molecule has 2 rings (SSSR count). The van der Waals surface area contributed by atoms with Gasteiger partial charge < -0.3 is 25.3 Å². The second-order valence-corrected chi connectivity index (χ2v) is 6.03. The lowest BCUT2D eigenvalue weighted by atomic mass is 10.3. The van der Waals surface area contributed by atoms with Crippen molar-refractivity contribution >= 4 is 41.0 Å². The fourth-order valence-corrected chi connectivity index (χ4v) is 2.60. The third-order valence-corrected chi connectivity index (χ3v) is 3.99. The van der Waals surface area contributed by atoms with E-state index >= 15 is 0 Å². The lowest BCUT2D eigenvalue weighted by Crippen LogP contribution is -2.41. The first-order chi connectivity index (χ1) is 12.2. The molecule has 0 amide bonds. The molecule has 0 radical (unpaired) electrons. The van der Waals surface area contributed by atoms with Crippen LogP contribution in [0.5, 0.6) is 0 Å². The molecule has 146 valence electrons. The maximum Gasteiger partial charge on any atom is 0.191 e. The van der Waals surface area contributed by atoms with Gasteiger partial charge in [0.2, 0.25) is 0 Å². The third-order valence-electron chi connectivity index (χ3n) is 3.99. The van der Waals surface area contributed by atoms with E-state index in [4.69, 9.17) is 4.74 Å². The number of methoxy groups -OCH3 is 1. The van der Waals surface area contributed by atoms with Crippen molar-refractivity contribution in [3.8, 4) is 0 Å². The lowest BCUT2D eigenvalue weighted by molar-refractivity contribution is 0.180. The number of rotatable bonds is 10. The van der Waals surface area contributed by atoms with Crippen molar-refractivity contribution in [2.24, 2.45) is 4.99 Å². The van der Waals surface area contributed by atoms with Gasteiger partial charge >= 0.3 is 0 Å². The summed E-state index contributed by atoms with van der Waals surface area (Å²) in [6, 6.07) is 8.08. The summed E-state index contributed by atoms with van der Waals surface area (Å²) in [6.07, 6.45) is 1.88. The van der Waals surface area contributed by atoms with Crippen LogP contribution in [0.15, 0.2) is 29.3 Å². The highest BCUT2D eigenvalue weighted by Crippen LogP contribution is 2.10. The van der Waals surface area contributed by atoms with E-state index in [0.717, 1.165) is 68.4 Å². The Balaban J connectivity index is 0.00000338. The van der Waals surface area contributed by atoms with Crippen molar-refractivity contribution in [2.45, 2.75) is 12.8 Å². The summed E-state index contributed by atoms with van der Waals surface area (Å²) in [4.78, 5) is 14.5. The standard InChI is InChI=1S/C18H30N6O.HI/c1-19-18(21-11-13-24(2)12-6-14-25-3)20-10-9-17-22-15-7-4-5-8-16(15)23-17;/h4-5,7-8H,6,9-14H2,1-3H3,(H,22,23)(H2,19,20,21);1H. The second-order valence-electron chi connectivity index (χ2n) is 6.03. The van der Waals surface area contributed by atoms with Crippen LogP contribution < -0.4 is 10.6 Å². The van der Waals surface area contributed by atoms with Gasteiger partial charge in [-0.1, -0.05) is 12.1 Å². The maximum absolute atomic E-state index is 5.07. The van der Waals surface area contributed by atoms with E-state index in [1.165, 1.54) is 0 Å². The van der Waals surface area contributed by atoms with Gasteiger partial charge in [-0.2, -0.15) is 0 Å². The molecule has 0 aliphatic rings. The number of H-pyrrole nitrogens is 1. The van der Waals surface area contributed by atoms with Gasteiger partial charge in [-0.05, 0) is 25.6 Å². The average molecular weight is 474 g/mol. The molecule has 0 bridgehead atoms. The summed E-state index contributed by atoms with van der Waals surface area (Å²) in [5.41, 5.74) is 2.09. The maximum atomic E-state index is 5.07. The summed E-state index contributed by atoms with van der Waals surface area (Å²) < 4.78 is 5.07. The molecule has 0 aliphatic heterocycles. The number of benzene rings is 1. The van der Waals surface area contributed by atoms with Crippen molar-refractivity contribution in [3.63, 3.8) is 0 Å². The van der Waals surface area contributed by atoms with Crippen molar-refractivity contribution in [3.05, 3.63) is 30.1 Å². The molecule has 1 aromatic heterocycles. The highest BCUT2D eigenvalue weighted by atomic mass is 127. The number of ether oxygens (including phenoxy) is 1. The van der Waals surface area contributed by atoms with Gasteiger partial charge in [-0.3, -0.25) is 4.99 Å². The highest BCUT2D eigenvalue weighted by molar-refractivity contribution is 14.0. The number of likely N-dealkylation sites (N-methyl/N-ethyl adjacent to an activating group) is 1. The Labute approximate surface area is 173 Å². The molecule has 0 spiro atoms. The van der Waals surface area contributed by atoms with Gasteiger partial charge in [0, 0.05) is 53.4 Å². The van der Waals surface area contributed by atoms with Crippen molar-refractivity contribution in [1.29, 1.82) is 0 Å². The van der Waals surface area contributed by atoms with Crippen LogP contribution in [0.4, 0.5) is 0 Å². The molecule has 7 nitrogen and oxygen atoms in total. The molecule has 1 heterocycles. The van der Waals surface area contributed by atoms with Gasteiger partial charge in [0.15, 0.2) is 5.96 Å². The quantitative estimate of drug-likeness (QED) is 0.212. The Morgan fingerprint density at radius 1 is 1.23 bits per heavy atom. The number of aromatic amines is 1. The molecule has 0 aliphatic carbocycles. The van der Waals surface area contributed by atoms with Gasteiger partial charge in [0.1, 0.15) is 5.82 Å². The number of nitrogens with zero attached hydrogens (tertiary/aromatic N) is 3. The molecule has 0 unspecified atom stereocenters. The summed E-state index contributed by atoms with van der Waals surface area (Å²) in [6.45, 7) is 4.45. The molecule has 2 aromatic rings. The first-order valence-corrected chi connectivity index (χ1v) is 8.78. The second kappa shape index (κ2) is 12.9. The van der Waals surface area contributed by atoms with Gasteiger partial charge in [0.25, 0.3) is 0 Å². The Hall–Kier alpha value is -1.39. The van der Waals surface area contributed by atoms with Gasteiger partial charge in [0.05, 0.1) is 11.0 Å². The van der Waals surface area contributed by atoms with Gasteiger partial charge in [-0.25, -0.2) is 4.98 Å². The first-order valence-electron chi connectivity index (χ1n) is 8.78. The zero-order valence-electron chi connectivity index (χ0n) is 15.9. The fourth-order valence-electron chi connectivity index (χ4n) is 2.60. The number of halogens is 1. The third kappa shape index (κ3) is 7.88. The summed E-state index contributed by atoms with van der Waals surface area (Å²) in [7, 11) is 5.65. The zero-order valence-corrected chi connectivity index (χ0v) is 18.2. The average Bonchev–Trinajstić information content (AvgIpc) is 3.03. The van der Waals surface area contributed by atoms with Crippen LogP contribution in [0.2, 0.25) is 0 Å². The van der Waals surface area contributed by atoms with E-state index in [0.29, 0.717) is 0 Å². The SMILES string of the molecule is CN=C(NCCc1nc2ccccc2[nH]1)NCCN(C)CCCOC.I. The molecule has 0 saturated heterocycles. The molecule has 0 fully saturated rings. The number of nitrogens with one attached hydrogen (secondary N) is 3. The Kier molecular flexibility index (Phi) is 11.2. The number of hydrogen-bond acceptors (Lipinski definition) is 4. The molecule has 26 heavy (non-hydrogen) atoms. The largest absolute Gasteiger partial charge is 0.385 e. The number of imidazole rings is 1. The molecule has 0 saturated carbocycles. The predicted molar refractivity (Wildman–Crippen MR) is 119 cm³/mol. The van der Waals surface area contributed by atoms with Crippen LogP contribution in [-0.2, 0) is 11.2 Å². The minimum absolute atomic E-state index is 0. The van der Waals surface area contributed by atoms with Crippen LogP contribution in [0.1, 0.15) is 12.2 Å². The summed E-state index contributed by atoms with van der Waals surface area (Å²) >= 11 is 0. The smallest absolute Gasteiger partial charge is 0.191 e. The van der Waals surface area contributed by atoms with Crippen LogP contribution in [-0.4, -0.2) is 74.8 Å². The van der Waals surface area contributed by atoms with E-state index < -0.39 is 0 Å². The zero-order chi connectivity index (χ0) is 17.9. The van der Waals surface area contributed by atoms with E-state index in [9.17, 15) is 0 Å². The van der Waals surface area contributed by atoms with Crippen LogP contribution >= 0.6 is 24.0 Å². The lowest BCUT2D eigenvalue weighted by Gasteiger charge is -2.18. The van der Waals surface area contributed by atoms with Crippen LogP contribution in [0.25, 0.3) is 11.0 Å². The van der Waals surface area contributed by atoms with E-state index in [1.807, 2.05) is 24.3 Å². The minimum atomic E-state index is 0. The normalized spacial score (nSPS) is 11.6. The first kappa shape index (κ1) is 22.7. The number of aliphatic imine (C=N–C) groups is 1. The minimum Gasteiger partial charge on any atom is -0.385 e. The number of aromatic nitrogens is 2. The fraction of sp³-hybridized carbons (Fsp3) is 0.556. The van der Waals surface area contributed by atoms with Gasteiger partial charge in [-0.15, -0.1) is 24.0 Å². The number of hydrogen-bond donors (Lipinski definition) is 3. The summed E-state index contributed by atoms with van der Waals surface area (Å²) in [5.74, 6) is 1.81. The van der Waals surface area contributed by atoms with Crippen molar-refractivity contribution in [2.75, 3.05) is 54.0 Å². The number of fused-ring (bicyclic) bond motifs is 1. The van der Waals surface area contributed by atoms with Crippen LogP contribution in [0, 0.1) is 0 Å². The monoisotopic (exact) mass is 474 g/mol. The highest BCUT2D eigenvalue weighted by Gasteiger charge is 2.03. The molecule has 3 N–H and O–H groups in total. The Bertz CT molecular complexity index is 627. The van der Waals surface area contributed by atoms with Crippen molar-refractivity contribution < 1.29 is 4.74 Å². The van der Waals surface area contributed by atoms with E-state index in [1.54, 1.807) is 14.2 Å². The molecule has 0 atom stereocenters. The summed E-state index contributed by atoms with van der Waals surface area (Å²) in [5, 5.41) is 6.67. The topological polar surface area (TPSA) is 77.6 Å². The number of guanidine groups is 1. The van der Waals surface area contributed by atoms with Crippen molar-refractivity contribution in [1.82, 2.24) is 25.5 Å². The van der Waals surface area contributed by atoms with E-state index in [-0.39, 0.29) is 24.0 Å². The van der Waals surface area contributed by atoms with E-state index in [2.05, 4.69) is 37.5 Å². The Morgan fingerprint density at radius 2 is 2.00 bits per heavy atom.